The normalized spacial score (nSPS) is 40.8. The second-order valence-electron chi connectivity index (χ2n) is 3.90. The number of rotatable bonds is 1. The van der Waals surface area contributed by atoms with Gasteiger partial charge in [-0.15, -0.1) is 0 Å². The number of β-lactam (4-membered cyclic amide) rings is 1. The lowest BCUT2D eigenvalue weighted by Gasteiger charge is -2.45. The van der Waals surface area contributed by atoms with Gasteiger partial charge in [-0.25, -0.2) is 0 Å². The number of amides is 1. The molecule has 2 fully saturated rings. The molecule has 1 amide bonds. The van der Waals surface area contributed by atoms with Crippen LogP contribution in [0.15, 0.2) is 0 Å². The first-order chi connectivity index (χ1) is 5.77. The largest absolute Gasteiger partial charge is 0.381 e. The summed E-state index contributed by atoms with van der Waals surface area (Å²) in [5.41, 5.74) is 0.00896. The Labute approximate surface area is 72.5 Å². The van der Waals surface area contributed by atoms with E-state index in [0.29, 0.717) is 6.10 Å². The Bertz CT molecular complexity index is 195. The van der Waals surface area contributed by atoms with Crippen LogP contribution in [0.5, 0.6) is 0 Å². The fourth-order valence-corrected chi connectivity index (χ4v) is 2.19. The van der Waals surface area contributed by atoms with Gasteiger partial charge in [0.25, 0.3) is 0 Å². The monoisotopic (exact) mass is 169 g/mol. The lowest BCUT2D eigenvalue weighted by molar-refractivity contribution is -0.144. The van der Waals surface area contributed by atoms with E-state index in [1.165, 1.54) is 0 Å². The summed E-state index contributed by atoms with van der Waals surface area (Å²) in [7, 11) is 1.75. The van der Waals surface area contributed by atoms with E-state index in [1.54, 1.807) is 7.11 Å². The highest BCUT2D eigenvalue weighted by Gasteiger charge is 2.47. The van der Waals surface area contributed by atoms with Crippen LogP contribution in [-0.4, -0.2) is 25.7 Å². The Hall–Kier alpha value is -0.570. The average molecular weight is 169 g/mol. The van der Waals surface area contributed by atoms with Crippen molar-refractivity contribution >= 4 is 5.91 Å². The molecular weight excluding hydrogens is 154 g/mol. The van der Waals surface area contributed by atoms with Gasteiger partial charge in [0.2, 0.25) is 5.91 Å². The summed E-state index contributed by atoms with van der Waals surface area (Å²) in [6.07, 6.45) is 4.51. The summed E-state index contributed by atoms with van der Waals surface area (Å²) in [6, 6.07) is 0. The minimum atomic E-state index is 0.00896. The summed E-state index contributed by atoms with van der Waals surface area (Å²) in [6.45, 7) is 0.891. The van der Waals surface area contributed by atoms with Crippen molar-refractivity contribution in [2.45, 2.75) is 31.8 Å². The van der Waals surface area contributed by atoms with Gasteiger partial charge in [0.05, 0.1) is 11.5 Å². The van der Waals surface area contributed by atoms with Crippen molar-refractivity contribution in [3.8, 4) is 0 Å². The van der Waals surface area contributed by atoms with Crippen molar-refractivity contribution < 1.29 is 9.53 Å². The minimum absolute atomic E-state index is 0.00896. The molecule has 0 unspecified atom stereocenters. The molecule has 0 bridgehead atoms. The standard InChI is InChI=1S/C9H15NO2/c1-12-7-2-4-9(5-3-7)6-10-8(9)11/h7H,2-6H2,1H3,(H,10,11). The molecule has 1 saturated carbocycles. The van der Waals surface area contributed by atoms with Gasteiger partial charge in [-0.1, -0.05) is 0 Å². The molecular formula is C9H15NO2. The summed E-state index contributed by atoms with van der Waals surface area (Å²) < 4.78 is 5.26. The molecule has 1 saturated heterocycles. The average Bonchev–Trinajstić information content (AvgIpc) is 2.16. The zero-order chi connectivity index (χ0) is 8.60. The molecule has 0 aromatic carbocycles. The number of carbonyl (C=O) groups is 1. The molecule has 12 heavy (non-hydrogen) atoms. The second-order valence-corrected chi connectivity index (χ2v) is 3.90. The number of hydrogen-bond donors (Lipinski definition) is 1. The van der Waals surface area contributed by atoms with E-state index in [-0.39, 0.29) is 11.3 Å². The first-order valence-corrected chi connectivity index (χ1v) is 4.58. The van der Waals surface area contributed by atoms with E-state index in [1.807, 2.05) is 0 Å². The number of hydrogen-bond acceptors (Lipinski definition) is 2. The summed E-state index contributed by atoms with van der Waals surface area (Å²) in [5.74, 6) is 0.261. The van der Waals surface area contributed by atoms with E-state index in [4.69, 9.17) is 4.74 Å². The molecule has 0 radical (unpaired) electrons. The molecule has 1 N–H and O–H groups in total. The van der Waals surface area contributed by atoms with Crippen LogP contribution < -0.4 is 5.32 Å². The van der Waals surface area contributed by atoms with E-state index in [9.17, 15) is 4.79 Å². The van der Waals surface area contributed by atoms with E-state index in [0.717, 1.165) is 32.2 Å². The molecule has 0 aromatic rings. The molecule has 68 valence electrons. The van der Waals surface area contributed by atoms with E-state index in [2.05, 4.69) is 5.32 Å². The van der Waals surface area contributed by atoms with Crippen molar-refractivity contribution in [1.29, 1.82) is 0 Å². The predicted molar refractivity (Wildman–Crippen MR) is 44.7 cm³/mol. The van der Waals surface area contributed by atoms with Gasteiger partial charge in [-0.05, 0) is 25.7 Å². The fourth-order valence-electron chi connectivity index (χ4n) is 2.19. The van der Waals surface area contributed by atoms with Gasteiger partial charge in [-0.3, -0.25) is 4.79 Å². The first-order valence-electron chi connectivity index (χ1n) is 4.58. The van der Waals surface area contributed by atoms with Gasteiger partial charge in [0.1, 0.15) is 0 Å². The summed E-state index contributed by atoms with van der Waals surface area (Å²) >= 11 is 0. The highest BCUT2D eigenvalue weighted by Crippen LogP contribution is 2.40. The Balaban J connectivity index is 1.93. The van der Waals surface area contributed by atoms with Crippen molar-refractivity contribution in [3.05, 3.63) is 0 Å². The topological polar surface area (TPSA) is 38.3 Å². The molecule has 3 nitrogen and oxygen atoms in total. The Kier molecular flexibility index (Phi) is 1.83. The van der Waals surface area contributed by atoms with Crippen molar-refractivity contribution in [2.75, 3.05) is 13.7 Å². The Morgan fingerprint density at radius 3 is 2.50 bits per heavy atom. The lowest BCUT2D eigenvalue weighted by Crippen LogP contribution is -2.60. The van der Waals surface area contributed by atoms with Crippen LogP contribution in [-0.2, 0) is 9.53 Å². The van der Waals surface area contributed by atoms with Crippen LogP contribution in [0, 0.1) is 5.41 Å². The molecule has 0 aromatic heterocycles. The maximum absolute atomic E-state index is 11.3. The van der Waals surface area contributed by atoms with Crippen LogP contribution in [0.1, 0.15) is 25.7 Å². The van der Waals surface area contributed by atoms with Crippen molar-refractivity contribution in [2.24, 2.45) is 5.41 Å². The minimum Gasteiger partial charge on any atom is -0.381 e. The lowest BCUT2D eigenvalue weighted by atomic mass is 9.68. The van der Waals surface area contributed by atoms with Crippen molar-refractivity contribution in [1.82, 2.24) is 5.32 Å². The molecule has 0 atom stereocenters. The van der Waals surface area contributed by atoms with Crippen LogP contribution in [0.25, 0.3) is 0 Å². The molecule has 1 heterocycles. The quantitative estimate of drug-likeness (QED) is 0.586. The predicted octanol–water partition coefficient (Wildman–Crippen LogP) is 0.692. The van der Waals surface area contributed by atoms with E-state index >= 15 is 0 Å². The number of nitrogens with one attached hydrogen (secondary N) is 1. The van der Waals surface area contributed by atoms with Crippen LogP contribution in [0.2, 0.25) is 0 Å². The molecule has 1 spiro atoms. The molecule has 2 aliphatic rings. The number of carbonyl (C=O) groups excluding carboxylic acids is 1. The van der Waals surface area contributed by atoms with E-state index < -0.39 is 0 Å². The Morgan fingerprint density at radius 2 is 2.17 bits per heavy atom. The molecule has 3 heteroatoms. The fraction of sp³-hybridized carbons (Fsp3) is 0.889. The zero-order valence-corrected chi connectivity index (χ0v) is 7.43. The van der Waals surface area contributed by atoms with Gasteiger partial charge >= 0.3 is 0 Å². The molecule has 2 rings (SSSR count). The SMILES string of the molecule is COC1CCC2(CC1)CNC2=O. The maximum Gasteiger partial charge on any atom is 0.228 e. The maximum atomic E-state index is 11.3. The third kappa shape index (κ3) is 1.04. The van der Waals surface area contributed by atoms with Gasteiger partial charge in [0, 0.05) is 13.7 Å². The number of ether oxygens (including phenoxy) is 1. The third-order valence-electron chi connectivity index (χ3n) is 3.29. The Morgan fingerprint density at radius 1 is 1.50 bits per heavy atom. The summed E-state index contributed by atoms with van der Waals surface area (Å²) in [4.78, 5) is 11.3. The smallest absolute Gasteiger partial charge is 0.228 e. The molecule has 1 aliphatic carbocycles. The highest BCUT2D eigenvalue weighted by molar-refractivity contribution is 5.88. The van der Waals surface area contributed by atoms with Gasteiger partial charge in [-0.2, -0.15) is 0 Å². The second kappa shape index (κ2) is 2.73. The first kappa shape index (κ1) is 8.05. The van der Waals surface area contributed by atoms with Crippen LogP contribution in [0.3, 0.4) is 0 Å². The molecule has 1 aliphatic heterocycles. The van der Waals surface area contributed by atoms with Gasteiger partial charge < -0.3 is 10.1 Å². The van der Waals surface area contributed by atoms with Gasteiger partial charge in [0.15, 0.2) is 0 Å². The highest BCUT2D eigenvalue weighted by atomic mass is 16.5. The zero-order valence-electron chi connectivity index (χ0n) is 7.43. The van der Waals surface area contributed by atoms with Crippen LogP contribution in [0.4, 0.5) is 0 Å². The number of methoxy groups -OCH3 is 1. The van der Waals surface area contributed by atoms with Crippen molar-refractivity contribution in [3.63, 3.8) is 0 Å². The summed E-state index contributed by atoms with van der Waals surface area (Å²) in [5, 5.41) is 2.82. The third-order valence-corrected chi connectivity index (χ3v) is 3.29. The van der Waals surface area contributed by atoms with Crippen LogP contribution >= 0.6 is 0 Å².